The Bertz CT molecular complexity index is 737. The van der Waals surface area contributed by atoms with Crippen molar-refractivity contribution in [1.29, 1.82) is 0 Å². The molecular formula is C14H11N3O2S. The molecule has 6 heteroatoms. The van der Waals surface area contributed by atoms with Gasteiger partial charge in [0, 0.05) is 12.4 Å². The highest BCUT2D eigenvalue weighted by molar-refractivity contribution is 7.21. The van der Waals surface area contributed by atoms with Gasteiger partial charge >= 0.3 is 5.97 Å². The molecule has 1 aromatic carbocycles. The molecule has 0 spiro atoms. The fraction of sp³-hybridized carbons (Fsp3) is 0.143. The minimum atomic E-state index is -0.477. The quantitative estimate of drug-likeness (QED) is 0.692. The predicted octanol–water partition coefficient (Wildman–Crippen LogP) is 2.93. The van der Waals surface area contributed by atoms with Crippen LogP contribution in [0.25, 0.3) is 20.9 Å². The lowest BCUT2D eigenvalue weighted by Crippen LogP contribution is -2.09. The van der Waals surface area contributed by atoms with Crippen LogP contribution in [0.5, 0.6) is 0 Å². The standard InChI is InChI=1S/C14H11N3O2S/c1-2-19-14(18)12-11(15-7-8-16-12)13-17-9-5-3-4-6-10(9)20-13/h3-8H,2H2,1H3. The van der Waals surface area contributed by atoms with Gasteiger partial charge in [0.05, 0.1) is 16.8 Å². The number of hydrogen-bond donors (Lipinski definition) is 0. The van der Waals surface area contributed by atoms with Gasteiger partial charge in [-0.05, 0) is 19.1 Å². The normalized spacial score (nSPS) is 10.7. The highest BCUT2D eigenvalue weighted by Crippen LogP contribution is 2.30. The molecule has 0 unspecified atom stereocenters. The van der Waals surface area contributed by atoms with Crippen molar-refractivity contribution in [2.75, 3.05) is 6.61 Å². The number of aromatic nitrogens is 3. The third-order valence-electron chi connectivity index (χ3n) is 2.66. The summed E-state index contributed by atoms with van der Waals surface area (Å²) in [5, 5.41) is 0.669. The zero-order valence-corrected chi connectivity index (χ0v) is 11.6. The van der Waals surface area contributed by atoms with E-state index in [0.717, 1.165) is 10.2 Å². The van der Waals surface area contributed by atoms with Crippen molar-refractivity contribution >= 4 is 27.5 Å². The molecule has 2 aromatic heterocycles. The van der Waals surface area contributed by atoms with Crippen LogP contribution < -0.4 is 0 Å². The van der Waals surface area contributed by atoms with Crippen LogP contribution in [0, 0.1) is 0 Å². The molecule has 0 saturated heterocycles. The topological polar surface area (TPSA) is 65.0 Å². The molecule has 0 fully saturated rings. The summed E-state index contributed by atoms with van der Waals surface area (Å²) in [6.45, 7) is 2.06. The minimum absolute atomic E-state index is 0.202. The number of para-hydroxylation sites is 1. The van der Waals surface area contributed by atoms with E-state index in [1.54, 1.807) is 13.1 Å². The molecule has 0 saturated carbocycles. The molecule has 0 bridgehead atoms. The Kier molecular flexibility index (Phi) is 3.39. The summed E-state index contributed by atoms with van der Waals surface area (Å²) in [6.07, 6.45) is 3.02. The second-order valence-electron chi connectivity index (χ2n) is 3.96. The number of fused-ring (bicyclic) bond motifs is 1. The van der Waals surface area contributed by atoms with Crippen LogP contribution in [0.15, 0.2) is 36.7 Å². The second-order valence-corrected chi connectivity index (χ2v) is 4.99. The molecular weight excluding hydrogens is 274 g/mol. The summed E-state index contributed by atoms with van der Waals surface area (Å²) in [7, 11) is 0. The average Bonchev–Trinajstić information content (AvgIpc) is 2.91. The summed E-state index contributed by atoms with van der Waals surface area (Å²) in [6, 6.07) is 7.79. The highest BCUT2D eigenvalue weighted by Gasteiger charge is 2.19. The maximum absolute atomic E-state index is 11.9. The first kappa shape index (κ1) is 12.7. The fourth-order valence-electron chi connectivity index (χ4n) is 1.82. The van der Waals surface area contributed by atoms with Crippen LogP contribution >= 0.6 is 11.3 Å². The Morgan fingerprint density at radius 3 is 2.85 bits per heavy atom. The lowest BCUT2D eigenvalue weighted by molar-refractivity contribution is 0.0520. The molecule has 0 aliphatic carbocycles. The number of thiazole rings is 1. The zero-order chi connectivity index (χ0) is 13.9. The third-order valence-corrected chi connectivity index (χ3v) is 3.71. The van der Waals surface area contributed by atoms with Gasteiger partial charge in [-0.2, -0.15) is 0 Å². The predicted molar refractivity (Wildman–Crippen MR) is 76.6 cm³/mol. The fourth-order valence-corrected chi connectivity index (χ4v) is 2.78. The van der Waals surface area contributed by atoms with Crippen LogP contribution in [0.4, 0.5) is 0 Å². The van der Waals surface area contributed by atoms with Gasteiger partial charge in [-0.1, -0.05) is 12.1 Å². The van der Waals surface area contributed by atoms with E-state index >= 15 is 0 Å². The summed E-state index contributed by atoms with van der Waals surface area (Å²) < 4.78 is 6.04. The van der Waals surface area contributed by atoms with Gasteiger partial charge in [-0.25, -0.2) is 19.7 Å². The summed E-state index contributed by atoms with van der Waals surface area (Å²) in [5.41, 5.74) is 1.55. The Hall–Kier alpha value is -2.34. The van der Waals surface area contributed by atoms with Crippen molar-refractivity contribution in [3.63, 3.8) is 0 Å². The molecule has 0 aliphatic rings. The number of rotatable bonds is 3. The highest BCUT2D eigenvalue weighted by atomic mass is 32.1. The SMILES string of the molecule is CCOC(=O)c1nccnc1-c1nc2ccccc2s1. The summed E-state index contributed by atoms with van der Waals surface area (Å²) in [4.78, 5) is 24.7. The number of esters is 1. The first-order valence-electron chi connectivity index (χ1n) is 6.13. The number of carbonyl (C=O) groups is 1. The second kappa shape index (κ2) is 5.34. The van der Waals surface area contributed by atoms with Crippen molar-refractivity contribution in [3.05, 3.63) is 42.4 Å². The van der Waals surface area contributed by atoms with Crippen molar-refractivity contribution in [3.8, 4) is 10.7 Å². The Balaban J connectivity index is 2.11. The molecule has 0 aliphatic heterocycles. The van der Waals surface area contributed by atoms with Crippen molar-refractivity contribution < 1.29 is 9.53 Å². The maximum atomic E-state index is 11.9. The largest absolute Gasteiger partial charge is 0.461 e. The minimum Gasteiger partial charge on any atom is -0.461 e. The van der Waals surface area contributed by atoms with Crippen LogP contribution in [0.1, 0.15) is 17.4 Å². The van der Waals surface area contributed by atoms with E-state index < -0.39 is 5.97 Å². The van der Waals surface area contributed by atoms with Gasteiger partial charge in [0.15, 0.2) is 5.69 Å². The smallest absolute Gasteiger partial charge is 0.359 e. The van der Waals surface area contributed by atoms with E-state index in [-0.39, 0.29) is 5.69 Å². The van der Waals surface area contributed by atoms with E-state index in [1.807, 2.05) is 24.3 Å². The van der Waals surface area contributed by atoms with Crippen LogP contribution in [0.2, 0.25) is 0 Å². The molecule has 3 rings (SSSR count). The molecule has 0 N–H and O–H groups in total. The van der Waals surface area contributed by atoms with Gasteiger partial charge < -0.3 is 4.74 Å². The van der Waals surface area contributed by atoms with E-state index in [2.05, 4.69) is 15.0 Å². The van der Waals surface area contributed by atoms with Crippen LogP contribution in [0.3, 0.4) is 0 Å². The van der Waals surface area contributed by atoms with Crippen molar-refractivity contribution in [2.45, 2.75) is 6.92 Å². The number of nitrogens with zero attached hydrogens (tertiary/aromatic N) is 3. The van der Waals surface area contributed by atoms with Crippen LogP contribution in [-0.4, -0.2) is 27.5 Å². The molecule has 0 radical (unpaired) electrons. The van der Waals surface area contributed by atoms with Gasteiger partial charge in [0.2, 0.25) is 0 Å². The van der Waals surface area contributed by atoms with Gasteiger partial charge in [-0.3, -0.25) is 0 Å². The summed E-state index contributed by atoms with van der Waals surface area (Å²) >= 11 is 1.48. The van der Waals surface area contributed by atoms with Crippen molar-refractivity contribution in [2.24, 2.45) is 0 Å². The number of ether oxygens (including phenoxy) is 1. The van der Waals surface area contributed by atoms with Crippen LogP contribution in [-0.2, 0) is 4.74 Å². The Morgan fingerprint density at radius 1 is 1.25 bits per heavy atom. The molecule has 100 valence electrons. The molecule has 20 heavy (non-hydrogen) atoms. The van der Waals surface area contributed by atoms with Gasteiger partial charge in [-0.15, -0.1) is 11.3 Å². The van der Waals surface area contributed by atoms with E-state index in [4.69, 9.17) is 4.74 Å². The number of benzene rings is 1. The molecule has 0 atom stereocenters. The lowest BCUT2D eigenvalue weighted by Gasteiger charge is -2.03. The lowest BCUT2D eigenvalue weighted by atomic mass is 10.3. The molecule has 2 heterocycles. The average molecular weight is 285 g/mol. The van der Waals surface area contributed by atoms with E-state index in [9.17, 15) is 4.79 Å². The number of carbonyl (C=O) groups excluding carboxylic acids is 1. The number of hydrogen-bond acceptors (Lipinski definition) is 6. The first-order valence-corrected chi connectivity index (χ1v) is 6.95. The first-order chi connectivity index (χ1) is 9.79. The summed E-state index contributed by atoms with van der Waals surface area (Å²) in [5.74, 6) is -0.477. The zero-order valence-electron chi connectivity index (χ0n) is 10.7. The van der Waals surface area contributed by atoms with Crippen molar-refractivity contribution in [1.82, 2.24) is 15.0 Å². The monoisotopic (exact) mass is 285 g/mol. The molecule has 5 nitrogen and oxygen atoms in total. The third kappa shape index (κ3) is 2.25. The Morgan fingerprint density at radius 2 is 2.05 bits per heavy atom. The van der Waals surface area contributed by atoms with E-state index in [1.165, 1.54) is 17.5 Å². The maximum Gasteiger partial charge on any atom is 0.359 e. The van der Waals surface area contributed by atoms with Gasteiger partial charge in [0.25, 0.3) is 0 Å². The van der Waals surface area contributed by atoms with Gasteiger partial charge in [0.1, 0.15) is 10.7 Å². The Labute approximate surface area is 119 Å². The van der Waals surface area contributed by atoms with E-state index in [0.29, 0.717) is 17.3 Å². The molecule has 0 amide bonds. The molecule has 3 aromatic rings.